The molecule has 30 atom stereocenters. The van der Waals surface area contributed by atoms with Crippen molar-refractivity contribution < 1.29 is 150 Å². The van der Waals surface area contributed by atoms with Crippen molar-refractivity contribution in [2.75, 3.05) is 52.8 Å². The molecule has 0 aromatic heterocycles. The topological polar surface area (TPSA) is 434 Å². The molecular weight excluding hydrogens is 1920 g/mol. The number of aliphatic hydroxyl groups is 9. The fourth-order valence-electron chi connectivity index (χ4n) is 19.2. The van der Waals surface area contributed by atoms with Gasteiger partial charge in [-0.2, -0.15) is 0 Å². The highest BCUT2D eigenvalue weighted by Crippen LogP contribution is 2.43. The van der Waals surface area contributed by atoms with Gasteiger partial charge in [0.2, 0.25) is 0 Å². The molecule has 149 heavy (non-hydrogen) atoms. The lowest BCUT2D eigenvalue weighted by Crippen LogP contribution is -2.69. The monoisotopic (exact) mass is 2050 g/mol. The molecule has 34 nitrogen and oxygen atoms in total. The van der Waals surface area contributed by atoms with Gasteiger partial charge in [-0.25, -0.2) is 0 Å². The number of rotatable bonds is 53. The molecule has 6 heterocycles. The molecule has 6 fully saturated rings. The van der Waals surface area contributed by atoms with E-state index in [9.17, 15) is 46.0 Å². The van der Waals surface area contributed by atoms with E-state index in [-0.39, 0.29) is 99.0 Å². The zero-order chi connectivity index (χ0) is 103. The van der Waals surface area contributed by atoms with E-state index in [2.05, 4.69) is 10.0 Å². The fourth-order valence-corrected chi connectivity index (χ4v) is 19.2. The molecule has 0 aliphatic carbocycles. The van der Waals surface area contributed by atoms with Gasteiger partial charge < -0.3 is 150 Å². The summed E-state index contributed by atoms with van der Waals surface area (Å²) in [6.45, 7) is -3.67. The molecule has 0 saturated carbocycles. The largest absolute Gasteiger partial charge is 0.394 e. The maximum atomic E-state index is 14.1. The minimum atomic E-state index is -2.10. The van der Waals surface area contributed by atoms with Crippen LogP contribution in [0.3, 0.4) is 0 Å². The third kappa shape index (κ3) is 30.2. The van der Waals surface area contributed by atoms with E-state index in [1.807, 2.05) is 291 Å². The average molecular weight is 2050 g/mol. The summed E-state index contributed by atoms with van der Waals surface area (Å²) in [4.78, 5) is 2.89. The Hall–Kier alpha value is -10.3. The molecule has 17 rings (SSSR count). The average Bonchev–Trinajstić information content (AvgIpc) is 0.758. The third-order valence-corrected chi connectivity index (χ3v) is 27.1. The number of unbranched alkanes of at least 4 members (excludes halogenated alkanes) is 2. The number of aliphatic hydroxyl groups excluding tert-OH is 9. The number of nitrogens with zero attached hydrogens (tertiary/aromatic N) is 3. The van der Waals surface area contributed by atoms with E-state index in [4.69, 9.17) is 110 Å². The van der Waals surface area contributed by atoms with Crippen molar-refractivity contribution in [2.45, 2.75) is 270 Å². The van der Waals surface area contributed by atoms with Crippen LogP contribution < -0.4 is 0 Å². The van der Waals surface area contributed by atoms with Gasteiger partial charge in [-0.3, -0.25) is 0 Å². The Labute approximate surface area is 865 Å². The Morgan fingerprint density at radius 3 is 0.812 bits per heavy atom. The van der Waals surface area contributed by atoms with Gasteiger partial charge in [-0.1, -0.05) is 321 Å². The second-order valence-corrected chi connectivity index (χ2v) is 37.7. The van der Waals surface area contributed by atoms with Crippen molar-refractivity contribution in [1.82, 2.24) is 0 Å². The Kier molecular flexibility index (Phi) is 42.0. The van der Waals surface area contributed by atoms with Crippen LogP contribution in [-0.4, -0.2) is 283 Å². The number of ether oxygens (including phenoxy) is 22. The zero-order valence-corrected chi connectivity index (χ0v) is 82.5. The first-order valence-electron chi connectivity index (χ1n) is 50.8. The Morgan fingerprint density at radius 1 is 0.228 bits per heavy atom. The molecule has 6 aliphatic heterocycles. The van der Waals surface area contributed by atoms with Crippen molar-refractivity contribution in [1.29, 1.82) is 0 Å². The van der Waals surface area contributed by atoms with Crippen LogP contribution in [0.15, 0.2) is 321 Å². The standard InChI is InChI=1S/C115H133N3O31/c116-118-117-55-31-10-32-56-131-110-95(125)104(98(132-64-77-39-17-4-18-40-77)89(142-110)71-128-61-74-33-11-1-12-34-74)147-114-108(137-68-81-47-25-8-26-48-81)102(93(123)87(59-120)140-114)145-112-97(127)106(100(134-66-79-43-21-6-22-44-79)91(144-112)73-130-63-76-37-15-3-16-38-76)149-115-109(138-69-82-49-27-9-28-50-82)103(94(124)88(60-121)141-115)146-111-96(126)105(99(133-65-78-41-19-5-20-42-78)90(143-111)72-129-62-75-35-13-2-14-36-75)148-113-107(136-67-80-45-23-7-24-46-80)101(92(122)86(58-119)139-113)135-70-83-53-54-84-51-29-30-52-85(84)57-83/h1-9,11-30,33-54,57,86-115,119-127H,10,31-32,55-56,58-73H2/t86?,87?,88?,89?,90?,91?,92?,93?,94?,95?,96?,97?,98-,99-,100-,101?,102?,103?,104?,105?,106?,107?,108?,109?,110+,111-,112-,113?,114?,115?/m0/s1. The molecule has 34 heteroatoms. The highest BCUT2D eigenvalue weighted by Gasteiger charge is 2.61. The third-order valence-electron chi connectivity index (χ3n) is 27.1. The summed E-state index contributed by atoms with van der Waals surface area (Å²) in [5.41, 5.74) is 16.3. The zero-order valence-electron chi connectivity index (χ0n) is 82.5. The number of hydrogen-bond acceptors (Lipinski definition) is 32. The summed E-state index contributed by atoms with van der Waals surface area (Å²) in [7, 11) is 0. The summed E-state index contributed by atoms with van der Waals surface area (Å²) in [5.74, 6) is 0. The molecule has 0 amide bonds. The molecule has 0 spiro atoms. The molecule has 0 radical (unpaired) electrons. The van der Waals surface area contributed by atoms with Gasteiger partial charge in [0.05, 0.1) is 106 Å². The molecule has 6 aliphatic rings. The van der Waals surface area contributed by atoms with Crippen molar-refractivity contribution in [2.24, 2.45) is 5.11 Å². The normalized spacial score (nSPS) is 30.2. The molecule has 11 aromatic carbocycles. The van der Waals surface area contributed by atoms with Gasteiger partial charge >= 0.3 is 0 Å². The second kappa shape index (κ2) is 56.9. The highest BCUT2D eigenvalue weighted by molar-refractivity contribution is 5.83. The first-order valence-corrected chi connectivity index (χ1v) is 50.8. The van der Waals surface area contributed by atoms with E-state index in [1.54, 1.807) is 24.3 Å². The lowest BCUT2D eigenvalue weighted by atomic mass is 9.94. The fraction of sp³-hybridized carbons (Fsp3) is 0.443. The van der Waals surface area contributed by atoms with E-state index in [0.29, 0.717) is 41.5 Å². The SMILES string of the molecule is [N-]=[N+]=NCCCCCO[C@@H]1OC(COCc2ccccc2)[C@H](OCc2ccccc2)C(OC2OC(CO)C(O)C(O[C@@H]3OC(COCc4ccccc4)[C@H](OCc4ccccc4)C(OC4OC(CO)C(O)C(O[C@@H]5OC(COCc6ccccc6)[C@H](OCc6ccccc6)C(OC6OC(CO)C(O)C(OCc7ccc8ccccc8c7)C6OCc6ccccc6)C5O)C4OCc4ccccc4)C3O)C2OCc2ccccc2)C1O. The van der Waals surface area contributed by atoms with Crippen molar-refractivity contribution in [3.05, 3.63) is 382 Å². The minimum Gasteiger partial charge on any atom is -0.394 e. The maximum absolute atomic E-state index is 14.1. The maximum Gasteiger partial charge on any atom is 0.187 e. The van der Waals surface area contributed by atoms with Crippen LogP contribution in [0.25, 0.3) is 21.2 Å². The predicted octanol–water partition coefficient (Wildman–Crippen LogP) is 11.8. The van der Waals surface area contributed by atoms with E-state index in [0.717, 1.165) is 44.2 Å². The molecule has 6 saturated heterocycles. The molecule has 9 N–H and O–H groups in total. The first kappa shape index (κ1) is 110. The van der Waals surface area contributed by atoms with Gasteiger partial charge in [0.25, 0.3) is 0 Å². The van der Waals surface area contributed by atoms with Crippen LogP contribution >= 0.6 is 0 Å². The van der Waals surface area contributed by atoms with E-state index < -0.39 is 204 Å². The number of azide groups is 1. The van der Waals surface area contributed by atoms with Gasteiger partial charge in [0.1, 0.15) is 146 Å². The molecule has 11 aromatic rings. The lowest BCUT2D eigenvalue weighted by Gasteiger charge is -2.52. The summed E-state index contributed by atoms with van der Waals surface area (Å²) in [5, 5.41) is 120. The van der Waals surface area contributed by atoms with Gasteiger partial charge in [-0.15, -0.1) is 0 Å². The van der Waals surface area contributed by atoms with Crippen LogP contribution in [0.1, 0.15) is 74.9 Å². The summed E-state index contributed by atoms with van der Waals surface area (Å²) in [6, 6.07) is 97.0. The molecule has 0 bridgehead atoms. The quantitative estimate of drug-likeness (QED) is 0.00740. The van der Waals surface area contributed by atoms with Crippen LogP contribution in [-0.2, 0) is 170 Å². The number of benzene rings is 11. The van der Waals surface area contributed by atoms with E-state index >= 15 is 0 Å². The van der Waals surface area contributed by atoms with Crippen LogP contribution in [0.4, 0.5) is 0 Å². The smallest absolute Gasteiger partial charge is 0.187 e. The lowest BCUT2D eigenvalue weighted by molar-refractivity contribution is -0.406. The Balaban J connectivity index is 0.741. The molecular formula is C115H133N3O31. The number of hydrogen-bond donors (Lipinski definition) is 9. The van der Waals surface area contributed by atoms with Crippen LogP contribution in [0.2, 0.25) is 0 Å². The van der Waals surface area contributed by atoms with Crippen molar-refractivity contribution in [3.8, 4) is 0 Å². The highest BCUT2D eigenvalue weighted by atomic mass is 16.8. The second-order valence-electron chi connectivity index (χ2n) is 37.7. The summed E-state index contributed by atoms with van der Waals surface area (Å²) < 4.78 is 153. The van der Waals surface area contributed by atoms with Gasteiger partial charge in [0.15, 0.2) is 37.7 Å². The Morgan fingerprint density at radius 2 is 0.483 bits per heavy atom. The summed E-state index contributed by atoms with van der Waals surface area (Å²) in [6.07, 6.45) is -47.1. The minimum absolute atomic E-state index is 0.0112. The summed E-state index contributed by atoms with van der Waals surface area (Å²) >= 11 is 0. The van der Waals surface area contributed by atoms with E-state index in [1.165, 1.54) is 0 Å². The van der Waals surface area contributed by atoms with Crippen LogP contribution in [0.5, 0.6) is 0 Å². The van der Waals surface area contributed by atoms with Crippen molar-refractivity contribution >= 4 is 10.8 Å². The van der Waals surface area contributed by atoms with Gasteiger partial charge in [0, 0.05) is 18.1 Å². The first-order chi connectivity index (χ1) is 73.2. The molecule has 24 unspecified atom stereocenters. The predicted molar refractivity (Wildman–Crippen MR) is 538 cm³/mol. The number of fused-ring (bicyclic) bond motifs is 1. The Bertz CT molecular complexity index is 5710. The molecule has 794 valence electrons. The van der Waals surface area contributed by atoms with Crippen molar-refractivity contribution in [3.63, 3.8) is 0 Å². The van der Waals surface area contributed by atoms with Crippen LogP contribution in [0, 0.1) is 0 Å². The van der Waals surface area contributed by atoms with Gasteiger partial charge in [-0.05, 0) is 90.8 Å².